The maximum absolute atomic E-state index is 13.0. The van der Waals surface area contributed by atoms with E-state index in [1.54, 1.807) is 12.1 Å². The highest BCUT2D eigenvalue weighted by atomic mass is 35.5. The van der Waals surface area contributed by atoms with Crippen LogP contribution in [0.5, 0.6) is 11.5 Å². The van der Waals surface area contributed by atoms with Crippen LogP contribution in [0.25, 0.3) is 0 Å². The summed E-state index contributed by atoms with van der Waals surface area (Å²) in [5, 5.41) is 0. The molecule has 3 nitrogen and oxygen atoms in total. The van der Waals surface area contributed by atoms with Gasteiger partial charge in [-0.25, -0.2) is 0 Å². The number of hydrogen-bond donors (Lipinski definition) is 1. The zero-order chi connectivity index (χ0) is 12.0. The van der Waals surface area contributed by atoms with Crippen molar-refractivity contribution < 1.29 is 18.3 Å². The molecule has 1 heterocycles. The average molecular weight is 278 g/mol. The Balaban J connectivity index is 0.00000120. The Kier molecular flexibility index (Phi) is 3.38. The number of para-hydroxylation sites is 1. The predicted molar refractivity (Wildman–Crippen MR) is 64.2 cm³/mol. The maximum atomic E-state index is 13.0. The van der Waals surface area contributed by atoms with E-state index in [1.807, 2.05) is 0 Å². The van der Waals surface area contributed by atoms with Gasteiger partial charge in [0.25, 0.3) is 0 Å². The molecule has 0 saturated heterocycles. The fourth-order valence-electron chi connectivity index (χ4n) is 2.12. The topological polar surface area (TPSA) is 44.5 Å². The first-order valence-electron chi connectivity index (χ1n) is 5.69. The molecule has 0 bridgehead atoms. The lowest BCUT2D eigenvalue weighted by Crippen LogP contribution is -2.26. The van der Waals surface area contributed by atoms with Crippen molar-refractivity contribution in [3.8, 4) is 11.5 Å². The van der Waals surface area contributed by atoms with Crippen LogP contribution in [-0.4, -0.2) is 6.29 Å². The van der Waals surface area contributed by atoms with Crippen LogP contribution in [0.15, 0.2) is 18.2 Å². The minimum Gasteiger partial charge on any atom is -0.395 e. The molecule has 1 saturated carbocycles. The number of ether oxygens (including phenoxy) is 2. The van der Waals surface area contributed by atoms with Crippen LogP contribution >= 0.6 is 12.4 Å². The number of fused-ring (bicyclic) bond motifs is 1. The molecule has 0 unspecified atom stereocenters. The summed E-state index contributed by atoms with van der Waals surface area (Å²) in [5.41, 5.74) is 6.62. The Morgan fingerprint density at radius 2 is 2.06 bits per heavy atom. The molecule has 3 rings (SSSR count). The second kappa shape index (κ2) is 4.55. The van der Waals surface area contributed by atoms with Crippen LogP contribution in [0.4, 0.5) is 8.78 Å². The third kappa shape index (κ3) is 2.52. The van der Waals surface area contributed by atoms with Crippen LogP contribution in [0.1, 0.15) is 30.9 Å². The third-order valence-electron chi connectivity index (χ3n) is 3.14. The monoisotopic (exact) mass is 277 g/mol. The SMILES string of the molecule is Cl.N[C@@H](CC1CC1)c1cccc2c1OC(F)(F)O2. The van der Waals surface area contributed by atoms with Gasteiger partial charge in [0.2, 0.25) is 0 Å². The van der Waals surface area contributed by atoms with Crippen LogP contribution in [0.2, 0.25) is 0 Å². The number of alkyl halides is 2. The summed E-state index contributed by atoms with van der Waals surface area (Å²) in [6.45, 7) is 0. The summed E-state index contributed by atoms with van der Waals surface area (Å²) < 4.78 is 34.8. The Morgan fingerprint density at radius 1 is 1.33 bits per heavy atom. The van der Waals surface area contributed by atoms with Gasteiger partial charge >= 0.3 is 6.29 Å². The van der Waals surface area contributed by atoms with Gasteiger partial charge in [0.15, 0.2) is 11.5 Å². The van der Waals surface area contributed by atoms with E-state index < -0.39 is 6.29 Å². The number of hydrogen-bond acceptors (Lipinski definition) is 3. The molecule has 0 amide bonds. The van der Waals surface area contributed by atoms with Gasteiger partial charge in [-0.3, -0.25) is 0 Å². The van der Waals surface area contributed by atoms with Gasteiger partial charge in [-0.2, -0.15) is 0 Å². The van der Waals surface area contributed by atoms with Crippen molar-refractivity contribution in [3.63, 3.8) is 0 Å². The van der Waals surface area contributed by atoms with Crippen molar-refractivity contribution in [1.29, 1.82) is 0 Å². The number of rotatable bonds is 3. The largest absolute Gasteiger partial charge is 0.586 e. The zero-order valence-corrected chi connectivity index (χ0v) is 10.4. The van der Waals surface area contributed by atoms with E-state index >= 15 is 0 Å². The average Bonchev–Trinajstić information content (AvgIpc) is 2.97. The summed E-state index contributed by atoms with van der Waals surface area (Å²) in [6.07, 6.45) is -0.407. The molecule has 2 N–H and O–H groups in total. The highest BCUT2D eigenvalue weighted by molar-refractivity contribution is 5.85. The van der Waals surface area contributed by atoms with Crippen LogP contribution in [-0.2, 0) is 0 Å². The second-order valence-electron chi connectivity index (χ2n) is 4.63. The molecule has 1 aliphatic carbocycles. The quantitative estimate of drug-likeness (QED) is 0.922. The molecule has 0 aromatic heterocycles. The van der Waals surface area contributed by atoms with Gasteiger partial charge in [-0.05, 0) is 18.4 Å². The highest BCUT2D eigenvalue weighted by Gasteiger charge is 2.45. The molecule has 6 heteroatoms. The van der Waals surface area contributed by atoms with Crippen molar-refractivity contribution in [1.82, 2.24) is 0 Å². The Labute approximate surface area is 110 Å². The van der Waals surface area contributed by atoms with Gasteiger partial charge in [0.1, 0.15) is 0 Å². The van der Waals surface area contributed by atoms with E-state index in [-0.39, 0.29) is 29.9 Å². The highest BCUT2D eigenvalue weighted by Crippen LogP contribution is 2.46. The molecule has 2 aliphatic rings. The lowest BCUT2D eigenvalue weighted by Gasteiger charge is -2.13. The van der Waals surface area contributed by atoms with Crippen LogP contribution < -0.4 is 15.2 Å². The van der Waals surface area contributed by atoms with E-state index in [2.05, 4.69) is 9.47 Å². The van der Waals surface area contributed by atoms with Crippen molar-refractivity contribution in [3.05, 3.63) is 23.8 Å². The molecular weight excluding hydrogens is 264 g/mol. The molecular formula is C12H14ClF2NO2. The van der Waals surface area contributed by atoms with Crippen molar-refractivity contribution in [2.75, 3.05) is 0 Å². The van der Waals surface area contributed by atoms with Crippen molar-refractivity contribution in [2.24, 2.45) is 11.7 Å². The molecule has 0 radical (unpaired) electrons. The molecule has 100 valence electrons. The van der Waals surface area contributed by atoms with E-state index in [9.17, 15) is 8.78 Å². The number of nitrogens with two attached hydrogens (primary N) is 1. The van der Waals surface area contributed by atoms with Gasteiger partial charge in [-0.15, -0.1) is 21.2 Å². The van der Waals surface area contributed by atoms with Crippen molar-refractivity contribution >= 4 is 12.4 Å². The first kappa shape index (κ1) is 13.4. The molecule has 1 atom stereocenters. The smallest absolute Gasteiger partial charge is 0.395 e. The van der Waals surface area contributed by atoms with Gasteiger partial charge in [0, 0.05) is 11.6 Å². The fourth-order valence-corrected chi connectivity index (χ4v) is 2.12. The zero-order valence-electron chi connectivity index (χ0n) is 9.57. The third-order valence-corrected chi connectivity index (χ3v) is 3.14. The summed E-state index contributed by atoms with van der Waals surface area (Å²) in [7, 11) is 0. The summed E-state index contributed by atoms with van der Waals surface area (Å²) in [4.78, 5) is 0. The fraction of sp³-hybridized carbons (Fsp3) is 0.500. The van der Waals surface area contributed by atoms with E-state index in [1.165, 1.54) is 18.9 Å². The Bertz CT molecular complexity index is 452. The van der Waals surface area contributed by atoms with Gasteiger partial charge in [0.05, 0.1) is 0 Å². The Morgan fingerprint density at radius 3 is 2.72 bits per heavy atom. The normalized spacial score (nSPS) is 21.3. The van der Waals surface area contributed by atoms with Crippen molar-refractivity contribution in [2.45, 2.75) is 31.6 Å². The summed E-state index contributed by atoms with van der Waals surface area (Å²) >= 11 is 0. The van der Waals surface area contributed by atoms with E-state index in [0.29, 0.717) is 11.5 Å². The van der Waals surface area contributed by atoms with Gasteiger partial charge in [-0.1, -0.05) is 25.0 Å². The molecule has 0 spiro atoms. The standard InChI is InChI=1S/C12H13F2NO2.ClH/c13-12(14)16-10-3-1-2-8(11(10)17-12)9(15)6-7-4-5-7;/h1-3,7,9H,4-6,15H2;1H/t9-;/m0./s1. The minimum atomic E-state index is -3.57. The first-order chi connectivity index (χ1) is 8.05. The maximum Gasteiger partial charge on any atom is 0.586 e. The summed E-state index contributed by atoms with van der Waals surface area (Å²) in [6, 6.07) is 4.57. The Hall–Kier alpha value is -1.07. The number of halogens is 3. The first-order valence-corrected chi connectivity index (χ1v) is 5.69. The molecule has 1 aromatic carbocycles. The number of benzene rings is 1. The molecule has 1 aromatic rings. The lowest BCUT2D eigenvalue weighted by molar-refractivity contribution is -0.287. The molecule has 1 fully saturated rings. The second-order valence-corrected chi connectivity index (χ2v) is 4.63. The predicted octanol–water partition coefficient (Wildman–Crippen LogP) is 3.23. The van der Waals surface area contributed by atoms with Crippen LogP contribution in [0, 0.1) is 5.92 Å². The molecule has 1 aliphatic heterocycles. The van der Waals surface area contributed by atoms with E-state index in [4.69, 9.17) is 5.73 Å². The van der Waals surface area contributed by atoms with Crippen LogP contribution in [0.3, 0.4) is 0 Å². The van der Waals surface area contributed by atoms with Gasteiger partial charge < -0.3 is 15.2 Å². The minimum absolute atomic E-state index is 0. The van der Waals surface area contributed by atoms with E-state index in [0.717, 1.165) is 6.42 Å². The summed E-state index contributed by atoms with van der Waals surface area (Å²) in [5.74, 6) is 0.785. The molecule has 18 heavy (non-hydrogen) atoms. The lowest BCUT2D eigenvalue weighted by atomic mass is 10.0.